The van der Waals surface area contributed by atoms with Crippen LogP contribution in [0.5, 0.6) is 17.2 Å². The average molecular weight is 373 g/mol. The number of ether oxygens (including phenoxy) is 3. The number of anilines is 1. The first-order chi connectivity index (χ1) is 13.0. The van der Waals surface area contributed by atoms with E-state index in [1.807, 2.05) is 43.3 Å². The lowest BCUT2D eigenvalue weighted by Gasteiger charge is -2.25. The Labute approximate surface area is 160 Å². The van der Waals surface area contributed by atoms with Crippen molar-refractivity contribution in [2.75, 3.05) is 47.3 Å². The molecule has 2 N–H and O–H groups in total. The van der Waals surface area contributed by atoms with Gasteiger partial charge in [0.25, 0.3) is 0 Å². The van der Waals surface area contributed by atoms with Gasteiger partial charge in [-0.05, 0) is 43.9 Å². The van der Waals surface area contributed by atoms with Gasteiger partial charge >= 0.3 is 6.03 Å². The van der Waals surface area contributed by atoms with Gasteiger partial charge in [-0.2, -0.15) is 0 Å². The molecule has 146 valence electrons. The standard InChI is InChI=1S/C20H27N3O4/c1-23(2)17(14-7-6-8-16(11-14)25-3)13-21-20(24)22-15-9-10-18(26-4)19(12-15)27-5/h6-12,17H,13H2,1-5H3,(H2,21,22,24). The second-order valence-corrected chi connectivity index (χ2v) is 6.16. The number of urea groups is 1. The molecule has 2 aromatic carbocycles. The number of carbonyl (C=O) groups excluding carboxylic acids is 1. The summed E-state index contributed by atoms with van der Waals surface area (Å²) in [6, 6.07) is 12.7. The molecule has 0 saturated heterocycles. The zero-order valence-corrected chi connectivity index (χ0v) is 16.4. The monoisotopic (exact) mass is 373 g/mol. The van der Waals surface area contributed by atoms with Gasteiger partial charge in [0.05, 0.1) is 27.4 Å². The molecular formula is C20H27N3O4. The number of methoxy groups -OCH3 is 3. The van der Waals surface area contributed by atoms with Crippen molar-refractivity contribution in [3.05, 3.63) is 48.0 Å². The maximum atomic E-state index is 12.3. The van der Waals surface area contributed by atoms with Crippen LogP contribution in [-0.2, 0) is 0 Å². The Hall–Kier alpha value is -2.93. The van der Waals surface area contributed by atoms with Crippen molar-refractivity contribution in [1.82, 2.24) is 10.2 Å². The zero-order valence-electron chi connectivity index (χ0n) is 16.4. The van der Waals surface area contributed by atoms with Crippen LogP contribution in [0.4, 0.5) is 10.5 Å². The van der Waals surface area contributed by atoms with Crippen molar-refractivity contribution in [2.45, 2.75) is 6.04 Å². The molecule has 0 spiro atoms. The van der Waals surface area contributed by atoms with Gasteiger partial charge in [0.15, 0.2) is 11.5 Å². The number of likely N-dealkylation sites (N-methyl/N-ethyl adjacent to an activating group) is 1. The van der Waals surface area contributed by atoms with Crippen molar-refractivity contribution in [2.24, 2.45) is 0 Å². The fourth-order valence-electron chi connectivity index (χ4n) is 2.73. The minimum Gasteiger partial charge on any atom is -0.497 e. The van der Waals surface area contributed by atoms with E-state index in [1.54, 1.807) is 39.5 Å². The number of benzene rings is 2. The highest BCUT2D eigenvalue weighted by Crippen LogP contribution is 2.29. The molecule has 0 fully saturated rings. The fraction of sp³-hybridized carbons (Fsp3) is 0.350. The van der Waals surface area contributed by atoms with E-state index < -0.39 is 0 Å². The van der Waals surface area contributed by atoms with Crippen LogP contribution in [0.1, 0.15) is 11.6 Å². The number of rotatable bonds is 8. The molecule has 1 unspecified atom stereocenters. The van der Waals surface area contributed by atoms with E-state index in [0.717, 1.165) is 11.3 Å². The largest absolute Gasteiger partial charge is 0.497 e. The first-order valence-corrected chi connectivity index (χ1v) is 8.55. The minimum absolute atomic E-state index is 0.0104. The van der Waals surface area contributed by atoms with Crippen LogP contribution >= 0.6 is 0 Å². The molecule has 2 amide bonds. The predicted molar refractivity (Wildman–Crippen MR) is 106 cm³/mol. The molecular weight excluding hydrogens is 346 g/mol. The van der Waals surface area contributed by atoms with Crippen molar-refractivity contribution in [1.29, 1.82) is 0 Å². The second-order valence-electron chi connectivity index (χ2n) is 6.16. The van der Waals surface area contributed by atoms with Gasteiger partial charge < -0.3 is 29.7 Å². The third kappa shape index (κ3) is 5.52. The first kappa shape index (κ1) is 20.4. The Morgan fingerprint density at radius 1 is 1.00 bits per heavy atom. The van der Waals surface area contributed by atoms with Crippen LogP contribution in [0.25, 0.3) is 0 Å². The lowest BCUT2D eigenvalue weighted by atomic mass is 10.1. The van der Waals surface area contributed by atoms with Gasteiger partial charge in [-0.15, -0.1) is 0 Å². The van der Waals surface area contributed by atoms with Crippen molar-refractivity contribution in [3.8, 4) is 17.2 Å². The molecule has 0 heterocycles. The molecule has 0 aromatic heterocycles. The summed E-state index contributed by atoms with van der Waals surface area (Å²) in [4.78, 5) is 14.4. The summed E-state index contributed by atoms with van der Waals surface area (Å²) in [5.74, 6) is 1.95. The van der Waals surface area contributed by atoms with Crippen LogP contribution in [0.3, 0.4) is 0 Å². The highest BCUT2D eigenvalue weighted by Gasteiger charge is 2.16. The number of hydrogen-bond donors (Lipinski definition) is 2. The maximum absolute atomic E-state index is 12.3. The molecule has 2 aromatic rings. The van der Waals surface area contributed by atoms with Crippen LogP contribution in [0, 0.1) is 0 Å². The van der Waals surface area contributed by atoms with Crippen molar-refractivity contribution >= 4 is 11.7 Å². The molecule has 0 aliphatic heterocycles. The minimum atomic E-state index is -0.294. The predicted octanol–water partition coefficient (Wildman–Crippen LogP) is 3.14. The molecule has 0 aliphatic rings. The summed E-state index contributed by atoms with van der Waals surface area (Å²) in [5.41, 5.74) is 1.68. The normalized spacial score (nSPS) is 11.6. The molecule has 27 heavy (non-hydrogen) atoms. The SMILES string of the molecule is COc1cccc(C(CNC(=O)Nc2ccc(OC)c(OC)c2)N(C)C)c1. The van der Waals surface area contributed by atoms with Crippen LogP contribution in [0.15, 0.2) is 42.5 Å². The summed E-state index contributed by atoms with van der Waals surface area (Å²) in [6.45, 7) is 0.444. The topological polar surface area (TPSA) is 72.1 Å². The Kier molecular flexibility index (Phi) is 7.31. The number of nitrogens with zero attached hydrogens (tertiary/aromatic N) is 1. The van der Waals surface area contributed by atoms with Gasteiger partial charge in [0.1, 0.15) is 5.75 Å². The smallest absolute Gasteiger partial charge is 0.319 e. The molecule has 0 radical (unpaired) electrons. The Morgan fingerprint density at radius 2 is 1.74 bits per heavy atom. The van der Waals surface area contributed by atoms with Gasteiger partial charge in [-0.25, -0.2) is 4.79 Å². The van der Waals surface area contributed by atoms with Gasteiger partial charge in [-0.1, -0.05) is 12.1 Å². The van der Waals surface area contributed by atoms with E-state index in [2.05, 4.69) is 10.6 Å². The highest BCUT2D eigenvalue weighted by atomic mass is 16.5. The summed E-state index contributed by atoms with van der Waals surface area (Å²) in [7, 11) is 8.70. The molecule has 1 atom stereocenters. The van der Waals surface area contributed by atoms with Gasteiger partial charge in [0, 0.05) is 18.3 Å². The number of nitrogens with one attached hydrogen (secondary N) is 2. The zero-order chi connectivity index (χ0) is 19.8. The van der Waals surface area contributed by atoms with E-state index in [-0.39, 0.29) is 12.1 Å². The number of amides is 2. The highest BCUT2D eigenvalue weighted by molar-refractivity contribution is 5.89. The van der Waals surface area contributed by atoms with E-state index in [4.69, 9.17) is 14.2 Å². The molecule has 7 nitrogen and oxygen atoms in total. The van der Waals surface area contributed by atoms with Crippen molar-refractivity contribution < 1.29 is 19.0 Å². The summed E-state index contributed by atoms with van der Waals surface area (Å²) < 4.78 is 15.7. The Morgan fingerprint density at radius 3 is 2.37 bits per heavy atom. The molecule has 0 aliphatic carbocycles. The van der Waals surface area contributed by atoms with Crippen molar-refractivity contribution in [3.63, 3.8) is 0 Å². The summed E-state index contributed by atoms with van der Waals surface area (Å²) in [5, 5.41) is 5.72. The van der Waals surface area contributed by atoms with Crippen LogP contribution in [-0.4, -0.2) is 52.9 Å². The fourth-order valence-corrected chi connectivity index (χ4v) is 2.73. The van der Waals surface area contributed by atoms with Gasteiger partial charge in [0.2, 0.25) is 0 Å². The number of carbonyl (C=O) groups is 1. The molecule has 2 rings (SSSR count). The van der Waals surface area contributed by atoms with Crippen LogP contribution < -0.4 is 24.8 Å². The quantitative estimate of drug-likeness (QED) is 0.744. The van der Waals surface area contributed by atoms with E-state index in [9.17, 15) is 4.79 Å². The average Bonchev–Trinajstić information content (AvgIpc) is 2.67. The van der Waals surface area contributed by atoms with E-state index >= 15 is 0 Å². The number of hydrogen-bond acceptors (Lipinski definition) is 5. The van der Waals surface area contributed by atoms with E-state index in [1.165, 1.54) is 0 Å². The molecule has 0 bridgehead atoms. The Bertz CT molecular complexity index is 765. The lowest BCUT2D eigenvalue weighted by molar-refractivity contribution is 0.243. The summed E-state index contributed by atoms with van der Waals surface area (Å²) in [6.07, 6.45) is 0. The maximum Gasteiger partial charge on any atom is 0.319 e. The summed E-state index contributed by atoms with van der Waals surface area (Å²) >= 11 is 0. The lowest BCUT2D eigenvalue weighted by Crippen LogP contribution is -2.36. The Balaban J connectivity index is 2.01. The van der Waals surface area contributed by atoms with E-state index in [0.29, 0.717) is 23.7 Å². The second kappa shape index (κ2) is 9.68. The molecule has 7 heteroatoms. The van der Waals surface area contributed by atoms with Gasteiger partial charge in [-0.3, -0.25) is 0 Å². The van der Waals surface area contributed by atoms with Crippen LogP contribution in [0.2, 0.25) is 0 Å². The third-order valence-electron chi connectivity index (χ3n) is 4.20. The third-order valence-corrected chi connectivity index (χ3v) is 4.20. The first-order valence-electron chi connectivity index (χ1n) is 8.55. The molecule has 0 saturated carbocycles.